The first-order valence-corrected chi connectivity index (χ1v) is 14.0. The summed E-state index contributed by atoms with van der Waals surface area (Å²) in [5.41, 5.74) is 1.91. The largest absolute Gasteiger partial charge is 0.0629 e. The van der Waals surface area contributed by atoms with Crippen molar-refractivity contribution in [2.24, 2.45) is 0 Å². The molecule has 0 heterocycles. The number of fused-ring (bicyclic) bond motifs is 9. The number of rotatable bonds is 2. The van der Waals surface area contributed by atoms with Crippen LogP contribution >= 0.6 is 0 Å². The molecule has 9 aromatic carbocycles. The molecule has 0 radical (unpaired) electrons. The number of hydrogen-bond donors (Lipinski definition) is 0. The molecule has 0 saturated carbocycles. The minimum Gasteiger partial charge on any atom is -0.0616 e. The molecular weight excluding hydrogens is 504 g/mol. The zero-order valence-corrected chi connectivity index (χ0v) is 22.4. The molecule has 9 aromatic rings. The Morgan fingerprint density at radius 1 is 0.333 bits per heavy atom. The minimum atomic E-state index is -0.412. The molecule has 0 aliphatic rings. The maximum absolute atomic E-state index is 9.35. The van der Waals surface area contributed by atoms with Gasteiger partial charge in [0.15, 0.2) is 0 Å². The van der Waals surface area contributed by atoms with Gasteiger partial charge in [-0.05, 0) is 93.0 Å². The Balaban J connectivity index is 1.57. The summed E-state index contributed by atoms with van der Waals surface area (Å²) >= 11 is 0. The van der Waals surface area contributed by atoms with E-state index >= 15 is 0 Å². The molecule has 0 aliphatic carbocycles. The summed E-state index contributed by atoms with van der Waals surface area (Å²) < 4.78 is 72.5. The molecule has 0 saturated heterocycles. The molecule has 9 rings (SSSR count). The Morgan fingerprint density at radius 2 is 0.786 bits per heavy atom. The Labute approximate surface area is 255 Å². The fourth-order valence-corrected chi connectivity index (χ4v) is 6.69. The first-order valence-electron chi connectivity index (χ1n) is 18.0. The van der Waals surface area contributed by atoms with Gasteiger partial charge in [-0.2, -0.15) is 0 Å². The van der Waals surface area contributed by atoms with Crippen LogP contribution in [0.2, 0.25) is 0 Å². The molecule has 0 N–H and O–H groups in total. The van der Waals surface area contributed by atoms with Crippen LogP contribution in [0, 0.1) is 0 Å². The van der Waals surface area contributed by atoms with Crippen LogP contribution in [0.3, 0.4) is 0 Å². The first-order chi connectivity index (χ1) is 24.2. The molecule has 0 fully saturated rings. The summed E-state index contributed by atoms with van der Waals surface area (Å²) in [6, 6.07) is 32.9. The quantitative estimate of drug-likeness (QED) is 0.152. The average molecular weight is 539 g/mol. The minimum absolute atomic E-state index is 0.209. The average Bonchev–Trinajstić information content (AvgIpc) is 3.16. The van der Waals surface area contributed by atoms with Gasteiger partial charge in [0.2, 0.25) is 0 Å². The highest BCUT2D eigenvalue weighted by molar-refractivity contribution is 6.27. The third-order valence-corrected chi connectivity index (χ3v) is 8.47. The number of hydrogen-bond acceptors (Lipinski definition) is 0. The van der Waals surface area contributed by atoms with Crippen molar-refractivity contribution in [3.05, 3.63) is 158 Å². The van der Waals surface area contributed by atoms with Gasteiger partial charge in [0.1, 0.15) is 0 Å². The molecule has 0 nitrogen and oxygen atoms in total. The van der Waals surface area contributed by atoms with Crippen molar-refractivity contribution in [2.45, 2.75) is 0 Å². The lowest BCUT2D eigenvalue weighted by molar-refractivity contribution is 1.69. The van der Waals surface area contributed by atoms with E-state index in [9.17, 15) is 5.48 Å². The molecule has 0 bridgehead atoms. The van der Waals surface area contributed by atoms with E-state index in [-0.39, 0.29) is 45.7 Å². The van der Waals surface area contributed by atoms with Gasteiger partial charge in [0.05, 0.1) is 11.0 Å². The van der Waals surface area contributed by atoms with Gasteiger partial charge in [0.25, 0.3) is 0 Å². The molecule has 0 spiro atoms. The van der Waals surface area contributed by atoms with Gasteiger partial charge in [-0.25, -0.2) is 0 Å². The Kier molecular flexibility index (Phi) is 3.59. The second-order valence-electron chi connectivity index (χ2n) is 10.6. The lowest BCUT2D eigenvalue weighted by atomic mass is 9.84. The molecule has 0 amide bonds. The van der Waals surface area contributed by atoms with Crippen LogP contribution in [0.5, 0.6) is 0 Å². The van der Waals surface area contributed by atoms with Crippen LogP contribution < -0.4 is 0 Å². The molecule has 0 heteroatoms. The van der Waals surface area contributed by atoms with Crippen molar-refractivity contribution in [1.82, 2.24) is 0 Å². The Morgan fingerprint density at radius 3 is 1.38 bits per heavy atom. The Hall–Kier alpha value is -5.46. The monoisotopic (exact) mass is 538 g/mol. The summed E-state index contributed by atoms with van der Waals surface area (Å²) in [5.74, 6) is 0. The molecule has 42 heavy (non-hydrogen) atoms. The lowest BCUT2D eigenvalue weighted by Gasteiger charge is -2.19. The van der Waals surface area contributed by atoms with E-state index in [1.54, 1.807) is 0 Å². The SMILES string of the molecule is [2H]c1c([2H])c([2H])c2c(-c3cccc4ccccc34)c3c([2H])c([2H])c([2H])c([2H])c3c(-c3ccc4c5ccccc5c5ccccc5c4c3)c2c1[2H]. The van der Waals surface area contributed by atoms with Crippen LogP contribution in [-0.2, 0) is 0 Å². The summed E-state index contributed by atoms with van der Waals surface area (Å²) in [6.07, 6.45) is 0. The van der Waals surface area contributed by atoms with Gasteiger partial charge in [-0.15, -0.1) is 0 Å². The molecule has 194 valence electrons. The van der Waals surface area contributed by atoms with E-state index in [0.29, 0.717) is 22.3 Å². The molecule has 0 atom stereocenters. The van der Waals surface area contributed by atoms with Crippen LogP contribution in [0.15, 0.2) is 158 Å². The van der Waals surface area contributed by atoms with Gasteiger partial charge in [-0.3, -0.25) is 0 Å². The smallest absolute Gasteiger partial charge is 0.0616 e. The topological polar surface area (TPSA) is 0 Å². The fraction of sp³-hybridized carbons (Fsp3) is 0. The van der Waals surface area contributed by atoms with Crippen molar-refractivity contribution >= 4 is 64.6 Å². The van der Waals surface area contributed by atoms with Crippen molar-refractivity contribution in [3.63, 3.8) is 0 Å². The highest BCUT2D eigenvalue weighted by Crippen LogP contribution is 2.46. The summed E-state index contributed by atoms with van der Waals surface area (Å²) in [4.78, 5) is 0. The van der Waals surface area contributed by atoms with Crippen LogP contribution in [0.1, 0.15) is 11.0 Å². The first kappa shape index (κ1) is 16.7. The summed E-state index contributed by atoms with van der Waals surface area (Å²) in [5, 5.41) is 8.73. The third kappa shape index (κ3) is 3.30. The van der Waals surface area contributed by atoms with Crippen molar-refractivity contribution in [1.29, 1.82) is 0 Å². The predicted molar refractivity (Wildman–Crippen MR) is 182 cm³/mol. The second kappa shape index (κ2) is 9.03. The van der Waals surface area contributed by atoms with E-state index in [1.165, 1.54) is 0 Å². The van der Waals surface area contributed by atoms with Crippen molar-refractivity contribution in [2.75, 3.05) is 0 Å². The van der Waals surface area contributed by atoms with Gasteiger partial charge < -0.3 is 0 Å². The van der Waals surface area contributed by atoms with E-state index in [4.69, 9.17) is 5.48 Å². The van der Waals surface area contributed by atoms with Crippen LogP contribution in [-0.4, -0.2) is 0 Å². The summed E-state index contributed by atoms with van der Waals surface area (Å²) in [7, 11) is 0. The van der Waals surface area contributed by atoms with Gasteiger partial charge in [-0.1, -0.05) is 151 Å². The maximum Gasteiger partial charge on any atom is 0.0629 e. The zero-order valence-electron chi connectivity index (χ0n) is 30.4. The third-order valence-electron chi connectivity index (χ3n) is 8.47. The van der Waals surface area contributed by atoms with Crippen LogP contribution in [0.4, 0.5) is 0 Å². The number of benzene rings is 9. The standard InChI is InChI=1S/C42H26/c1-2-14-29-27(12-1)13-11-23-35(29)42-38-21-9-7-19-36(38)41(37-20-8-10-22-39(37)42)28-24-25-34-32-17-4-3-15-30(32)31-16-5-6-18-33(31)40(34)26-28/h1-26H/i7D,8D,9D,10D,19D,20D,21D,22D. The van der Waals surface area contributed by atoms with Gasteiger partial charge in [0, 0.05) is 0 Å². The van der Waals surface area contributed by atoms with Gasteiger partial charge >= 0.3 is 0 Å². The lowest BCUT2D eigenvalue weighted by Crippen LogP contribution is -1.92. The molecule has 0 unspecified atom stereocenters. The maximum atomic E-state index is 9.35. The van der Waals surface area contributed by atoms with Crippen molar-refractivity contribution < 1.29 is 11.0 Å². The second-order valence-corrected chi connectivity index (χ2v) is 10.6. The molecule has 0 aliphatic heterocycles. The fourth-order valence-electron chi connectivity index (χ4n) is 6.69. The van der Waals surface area contributed by atoms with Crippen molar-refractivity contribution in [3.8, 4) is 22.3 Å². The molecule has 0 aromatic heterocycles. The van der Waals surface area contributed by atoms with E-state index in [1.807, 2.05) is 84.9 Å². The van der Waals surface area contributed by atoms with E-state index < -0.39 is 24.2 Å². The predicted octanol–water partition coefficient (Wildman–Crippen LogP) is 11.9. The van der Waals surface area contributed by atoms with E-state index in [0.717, 1.165) is 43.1 Å². The highest BCUT2D eigenvalue weighted by Gasteiger charge is 2.18. The van der Waals surface area contributed by atoms with Crippen LogP contribution in [0.25, 0.3) is 86.9 Å². The molecular formula is C42H26. The summed E-state index contributed by atoms with van der Waals surface area (Å²) in [6.45, 7) is 0. The zero-order chi connectivity index (χ0) is 34.6. The Bertz CT molecular complexity index is 2840. The van der Waals surface area contributed by atoms with E-state index in [2.05, 4.69) is 24.3 Å². The highest BCUT2D eigenvalue weighted by atomic mass is 14.2. The normalized spacial score (nSPS) is 14.5.